The number of nitrogens with zero attached hydrogens (tertiary/aromatic N) is 1. The lowest BCUT2D eigenvalue weighted by atomic mass is 10.0. The first kappa shape index (κ1) is 16.6. The van der Waals surface area contributed by atoms with Gasteiger partial charge in [-0.05, 0) is 6.92 Å². The first-order valence-electron chi connectivity index (χ1n) is 7.97. The van der Waals surface area contributed by atoms with Gasteiger partial charge in [-0.25, -0.2) is 0 Å². The number of carbonyl (C=O) groups excluding carboxylic acids is 1. The lowest BCUT2D eigenvalue weighted by Crippen LogP contribution is -2.62. The van der Waals surface area contributed by atoms with Crippen molar-refractivity contribution in [2.24, 2.45) is 0 Å². The maximum atomic E-state index is 12.5. The minimum Gasteiger partial charge on any atom is -0.394 e. The molecule has 1 fully saturated rings. The molecule has 3 rings (SSSR count). The summed E-state index contributed by atoms with van der Waals surface area (Å²) < 4.78 is 5.41. The summed E-state index contributed by atoms with van der Waals surface area (Å²) >= 11 is 0. The number of aromatic amines is 1. The molecule has 0 spiro atoms. The molecule has 4 N–H and O–H groups in total. The zero-order valence-electron chi connectivity index (χ0n) is 13.6. The predicted octanol–water partition coefficient (Wildman–Crippen LogP) is 0.466. The topological polar surface area (TPSA) is 99.3 Å². The van der Waals surface area contributed by atoms with Crippen molar-refractivity contribution in [2.45, 2.75) is 12.5 Å². The van der Waals surface area contributed by atoms with Crippen LogP contribution in [0.1, 0.15) is 16.1 Å². The Balaban J connectivity index is 1.71. The molecule has 128 valence electrons. The molecule has 2 aromatic rings. The van der Waals surface area contributed by atoms with Crippen molar-refractivity contribution in [1.29, 1.82) is 0 Å². The number of aliphatic hydroxyl groups excluding tert-OH is 1. The number of hydrogen-bond donors (Lipinski definition) is 4. The molecule has 7 heteroatoms. The standard InChI is InChI=1S/C17H22N4O3/c1-12-14(13-5-3-2-4-6-13)20-21-15(12)16(23)18-9-17(10-22)11-24-8-7-19-17/h2-6,19,22H,7-11H2,1H3,(H,18,23)(H,20,21). The zero-order valence-corrected chi connectivity index (χ0v) is 13.6. The third-order valence-corrected chi connectivity index (χ3v) is 4.30. The Bertz CT molecular complexity index is 693. The van der Waals surface area contributed by atoms with Gasteiger partial charge in [0.05, 0.1) is 31.1 Å². The molecule has 1 aliphatic heterocycles. The highest BCUT2D eigenvalue weighted by Crippen LogP contribution is 2.22. The van der Waals surface area contributed by atoms with Gasteiger partial charge in [-0.3, -0.25) is 9.89 Å². The van der Waals surface area contributed by atoms with Gasteiger partial charge in [0.1, 0.15) is 5.69 Å². The van der Waals surface area contributed by atoms with Crippen molar-refractivity contribution in [3.05, 3.63) is 41.6 Å². The summed E-state index contributed by atoms with van der Waals surface area (Å²) in [6.45, 7) is 3.66. The normalized spacial score (nSPS) is 20.8. The fourth-order valence-electron chi connectivity index (χ4n) is 2.81. The third kappa shape index (κ3) is 3.33. The van der Waals surface area contributed by atoms with Crippen LogP contribution in [0.25, 0.3) is 11.3 Å². The van der Waals surface area contributed by atoms with E-state index in [0.717, 1.165) is 16.8 Å². The van der Waals surface area contributed by atoms with E-state index in [4.69, 9.17) is 4.74 Å². The summed E-state index contributed by atoms with van der Waals surface area (Å²) in [7, 11) is 0. The van der Waals surface area contributed by atoms with E-state index in [1.165, 1.54) is 0 Å². The number of morpholine rings is 1. The molecule has 1 aromatic heterocycles. The van der Waals surface area contributed by atoms with Gasteiger partial charge < -0.3 is 20.5 Å². The fourth-order valence-corrected chi connectivity index (χ4v) is 2.81. The number of H-pyrrole nitrogens is 1. The number of carbonyl (C=O) groups is 1. The number of hydrogen-bond acceptors (Lipinski definition) is 5. The Labute approximate surface area is 140 Å². The average Bonchev–Trinajstić information content (AvgIpc) is 3.03. The monoisotopic (exact) mass is 330 g/mol. The van der Waals surface area contributed by atoms with Gasteiger partial charge in [-0.15, -0.1) is 0 Å². The van der Waals surface area contributed by atoms with E-state index in [9.17, 15) is 9.90 Å². The zero-order chi connectivity index (χ0) is 17.0. The second-order valence-electron chi connectivity index (χ2n) is 6.04. The summed E-state index contributed by atoms with van der Waals surface area (Å²) in [6.07, 6.45) is 0. The summed E-state index contributed by atoms with van der Waals surface area (Å²) in [5.74, 6) is -0.248. The van der Waals surface area contributed by atoms with Gasteiger partial charge in [-0.2, -0.15) is 5.10 Å². The number of nitrogens with one attached hydrogen (secondary N) is 3. The van der Waals surface area contributed by atoms with E-state index >= 15 is 0 Å². The van der Waals surface area contributed by atoms with E-state index in [0.29, 0.717) is 25.5 Å². The fraction of sp³-hybridized carbons (Fsp3) is 0.412. The van der Waals surface area contributed by atoms with Crippen LogP contribution in [-0.4, -0.2) is 59.7 Å². The third-order valence-electron chi connectivity index (χ3n) is 4.30. The highest BCUT2D eigenvalue weighted by molar-refractivity contribution is 5.95. The molecule has 1 saturated heterocycles. The number of rotatable bonds is 5. The number of aromatic nitrogens is 2. The Kier molecular flexibility index (Phi) is 4.94. The van der Waals surface area contributed by atoms with Crippen LogP contribution in [0.15, 0.2) is 30.3 Å². The van der Waals surface area contributed by atoms with Crippen LogP contribution in [0, 0.1) is 6.92 Å². The van der Waals surface area contributed by atoms with Crippen molar-refractivity contribution >= 4 is 5.91 Å². The number of aliphatic hydroxyl groups is 1. The van der Waals surface area contributed by atoms with Gasteiger partial charge in [0.25, 0.3) is 5.91 Å². The molecule has 1 amide bonds. The Morgan fingerprint density at radius 1 is 1.42 bits per heavy atom. The lowest BCUT2D eigenvalue weighted by molar-refractivity contribution is 0.00000943. The minimum absolute atomic E-state index is 0.107. The minimum atomic E-state index is -0.635. The Hall–Kier alpha value is -2.22. The Morgan fingerprint density at radius 3 is 2.88 bits per heavy atom. The smallest absolute Gasteiger partial charge is 0.269 e. The predicted molar refractivity (Wildman–Crippen MR) is 89.7 cm³/mol. The quantitative estimate of drug-likeness (QED) is 0.638. The van der Waals surface area contributed by atoms with E-state index in [1.807, 2.05) is 37.3 Å². The Morgan fingerprint density at radius 2 is 2.21 bits per heavy atom. The van der Waals surface area contributed by atoms with Gasteiger partial charge in [0, 0.05) is 24.2 Å². The van der Waals surface area contributed by atoms with Gasteiger partial charge in [0.2, 0.25) is 0 Å². The molecule has 24 heavy (non-hydrogen) atoms. The maximum Gasteiger partial charge on any atom is 0.269 e. The maximum absolute atomic E-state index is 12.5. The van der Waals surface area contributed by atoms with Crippen LogP contribution in [0.2, 0.25) is 0 Å². The largest absolute Gasteiger partial charge is 0.394 e. The van der Waals surface area contributed by atoms with E-state index in [2.05, 4.69) is 20.8 Å². The van der Waals surface area contributed by atoms with Gasteiger partial charge >= 0.3 is 0 Å². The lowest BCUT2D eigenvalue weighted by Gasteiger charge is -2.36. The first-order chi connectivity index (χ1) is 11.7. The first-order valence-corrected chi connectivity index (χ1v) is 7.97. The molecule has 1 aromatic carbocycles. The number of benzene rings is 1. The molecule has 1 atom stereocenters. The molecular weight excluding hydrogens is 308 g/mol. The highest BCUT2D eigenvalue weighted by atomic mass is 16.5. The van der Waals surface area contributed by atoms with Crippen molar-refractivity contribution in [3.63, 3.8) is 0 Å². The highest BCUT2D eigenvalue weighted by Gasteiger charge is 2.32. The van der Waals surface area contributed by atoms with Crippen molar-refractivity contribution in [3.8, 4) is 11.3 Å². The molecule has 2 heterocycles. The van der Waals surface area contributed by atoms with Crippen molar-refractivity contribution < 1.29 is 14.6 Å². The number of ether oxygens (including phenoxy) is 1. The summed E-state index contributed by atoms with van der Waals surface area (Å²) in [6, 6.07) is 9.71. The van der Waals surface area contributed by atoms with Crippen LogP contribution >= 0.6 is 0 Å². The van der Waals surface area contributed by atoms with Crippen LogP contribution in [-0.2, 0) is 4.74 Å². The summed E-state index contributed by atoms with van der Waals surface area (Å²) in [5, 5.41) is 22.8. The molecule has 0 aliphatic carbocycles. The average molecular weight is 330 g/mol. The molecule has 7 nitrogen and oxygen atoms in total. The van der Waals surface area contributed by atoms with Crippen LogP contribution in [0.3, 0.4) is 0 Å². The SMILES string of the molecule is Cc1c(-c2ccccc2)n[nH]c1C(=O)NCC1(CO)COCCN1. The van der Waals surface area contributed by atoms with Gasteiger partial charge in [0.15, 0.2) is 0 Å². The molecular formula is C17H22N4O3. The van der Waals surface area contributed by atoms with Crippen LogP contribution in [0.5, 0.6) is 0 Å². The van der Waals surface area contributed by atoms with Crippen LogP contribution < -0.4 is 10.6 Å². The molecule has 1 aliphatic rings. The van der Waals surface area contributed by atoms with Crippen molar-refractivity contribution in [2.75, 3.05) is 32.9 Å². The summed E-state index contributed by atoms with van der Waals surface area (Å²) in [4.78, 5) is 12.5. The van der Waals surface area contributed by atoms with Crippen LogP contribution in [0.4, 0.5) is 0 Å². The molecule has 0 bridgehead atoms. The van der Waals surface area contributed by atoms with E-state index in [-0.39, 0.29) is 19.1 Å². The van der Waals surface area contributed by atoms with E-state index in [1.54, 1.807) is 0 Å². The second-order valence-corrected chi connectivity index (χ2v) is 6.04. The second kappa shape index (κ2) is 7.12. The van der Waals surface area contributed by atoms with Crippen molar-refractivity contribution in [1.82, 2.24) is 20.8 Å². The van der Waals surface area contributed by atoms with E-state index < -0.39 is 5.54 Å². The molecule has 0 radical (unpaired) electrons. The summed E-state index contributed by atoms with van der Waals surface area (Å²) in [5.41, 5.74) is 2.31. The molecule has 1 unspecified atom stereocenters. The molecule has 0 saturated carbocycles. The number of amides is 1. The van der Waals surface area contributed by atoms with Gasteiger partial charge in [-0.1, -0.05) is 30.3 Å².